The van der Waals surface area contributed by atoms with Crippen LogP contribution in [0.2, 0.25) is 0 Å². The standard InChI is InChI=1S/C15H22O5/c16-15(17-7-9-1-3-11-13(5-9)19-11)18-8-10-2-4-12-14(6-10)20-12/h9-14H,1-8H2/t9?,10?,11?,12?,13-,14?/m0/s1. The zero-order valence-corrected chi connectivity index (χ0v) is 11.7. The molecule has 0 aromatic heterocycles. The third-order valence-corrected chi connectivity index (χ3v) is 5.10. The highest BCUT2D eigenvalue weighted by molar-refractivity contribution is 5.59. The Labute approximate surface area is 118 Å². The molecule has 0 aromatic carbocycles. The van der Waals surface area contributed by atoms with E-state index in [1.54, 1.807) is 0 Å². The monoisotopic (exact) mass is 282 g/mol. The van der Waals surface area contributed by atoms with Crippen molar-refractivity contribution in [3.63, 3.8) is 0 Å². The van der Waals surface area contributed by atoms with Gasteiger partial charge < -0.3 is 18.9 Å². The molecule has 0 amide bonds. The number of hydrogen-bond donors (Lipinski definition) is 0. The van der Waals surface area contributed by atoms with E-state index in [-0.39, 0.29) is 0 Å². The molecule has 4 aliphatic rings. The third-order valence-electron chi connectivity index (χ3n) is 5.10. The van der Waals surface area contributed by atoms with Crippen molar-refractivity contribution in [2.75, 3.05) is 13.2 Å². The summed E-state index contributed by atoms with van der Waals surface area (Å²) in [6, 6.07) is 0. The summed E-state index contributed by atoms with van der Waals surface area (Å²) in [5.41, 5.74) is 0. The molecule has 20 heavy (non-hydrogen) atoms. The molecule has 5 nitrogen and oxygen atoms in total. The Morgan fingerprint density at radius 1 is 0.800 bits per heavy atom. The van der Waals surface area contributed by atoms with Crippen molar-refractivity contribution in [3.05, 3.63) is 0 Å². The van der Waals surface area contributed by atoms with Gasteiger partial charge in [-0.25, -0.2) is 4.79 Å². The number of fused-ring (bicyclic) bond motifs is 2. The Bertz CT molecular complexity index is 350. The lowest BCUT2D eigenvalue weighted by molar-refractivity contribution is 0.0284. The Hall–Kier alpha value is -0.810. The molecule has 2 aliphatic heterocycles. The maximum atomic E-state index is 11.6. The smallest absolute Gasteiger partial charge is 0.434 e. The van der Waals surface area contributed by atoms with Crippen LogP contribution in [-0.2, 0) is 18.9 Å². The van der Waals surface area contributed by atoms with E-state index in [2.05, 4.69) is 0 Å². The number of hydrogen-bond acceptors (Lipinski definition) is 5. The molecule has 0 radical (unpaired) electrons. The molecule has 4 fully saturated rings. The van der Waals surface area contributed by atoms with E-state index in [1.165, 1.54) is 0 Å². The van der Waals surface area contributed by atoms with Gasteiger partial charge in [0.15, 0.2) is 0 Å². The normalized spacial score (nSPS) is 45.0. The molecule has 2 saturated heterocycles. The Kier molecular flexibility index (Phi) is 3.34. The SMILES string of the molecule is O=C(OCC1CCC2OC2C1)OCC1CCC2O[C@H]2C1. The van der Waals surface area contributed by atoms with Crippen LogP contribution in [0.25, 0.3) is 0 Å². The Balaban J connectivity index is 1.11. The molecule has 0 aromatic rings. The minimum absolute atomic E-state index is 0.432. The molecule has 2 aliphatic carbocycles. The highest BCUT2D eigenvalue weighted by Gasteiger charge is 2.45. The topological polar surface area (TPSA) is 60.6 Å². The highest BCUT2D eigenvalue weighted by atomic mass is 16.7. The van der Waals surface area contributed by atoms with Crippen LogP contribution in [0.1, 0.15) is 38.5 Å². The Morgan fingerprint density at radius 2 is 1.30 bits per heavy atom. The number of carbonyl (C=O) groups is 1. The first-order valence-electron chi connectivity index (χ1n) is 7.88. The molecule has 6 atom stereocenters. The van der Waals surface area contributed by atoms with Gasteiger partial charge >= 0.3 is 6.16 Å². The van der Waals surface area contributed by atoms with Crippen molar-refractivity contribution in [2.45, 2.75) is 62.9 Å². The Morgan fingerprint density at radius 3 is 1.75 bits per heavy atom. The first-order valence-corrected chi connectivity index (χ1v) is 7.88. The zero-order chi connectivity index (χ0) is 13.5. The van der Waals surface area contributed by atoms with Crippen molar-refractivity contribution in [3.8, 4) is 0 Å². The number of ether oxygens (including phenoxy) is 4. The van der Waals surface area contributed by atoms with E-state index in [0.717, 1.165) is 38.5 Å². The third kappa shape index (κ3) is 2.93. The molecule has 0 spiro atoms. The number of carbonyl (C=O) groups excluding carboxylic acids is 1. The van der Waals surface area contributed by atoms with Gasteiger partial charge in [-0.2, -0.15) is 0 Å². The van der Waals surface area contributed by atoms with Gasteiger partial charge in [-0.1, -0.05) is 0 Å². The van der Waals surface area contributed by atoms with Crippen molar-refractivity contribution < 1.29 is 23.7 Å². The van der Waals surface area contributed by atoms with Gasteiger partial charge in [0.2, 0.25) is 0 Å². The first kappa shape index (κ1) is 12.9. The van der Waals surface area contributed by atoms with Crippen LogP contribution in [0, 0.1) is 11.8 Å². The van der Waals surface area contributed by atoms with Gasteiger partial charge in [-0.05, 0) is 50.4 Å². The van der Waals surface area contributed by atoms with Crippen LogP contribution >= 0.6 is 0 Å². The van der Waals surface area contributed by atoms with Crippen LogP contribution in [0.15, 0.2) is 0 Å². The van der Waals surface area contributed by atoms with Crippen LogP contribution in [0.3, 0.4) is 0 Å². The van der Waals surface area contributed by atoms with Gasteiger partial charge in [0.05, 0.1) is 37.6 Å². The lowest BCUT2D eigenvalue weighted by atomic mass is 9.90. The van der Waals surface area contributed by atoms with Crippen LogP contribution < -0.4 is 0 Å². The first-order chi connectivity index (χ1) is 9.78. The van der Waals surface area contributed by atoms with E-state index in [4.69, 9.17) is 18.9 Å². The summed E-state index contributed by atoms with van der Waals surface area (Å²) < 4.78 is 21.4. The minimum Gasteiger partial charge on any atom is -0.434 e. The van der Waals surface area contributed by atoms with Gasteiger partial charge in [0, 0.05) is 0 Å². The maximum Gasteiger partial charge on any atom is 0.508 e. The fourth-order valence-corrected chi connectivity index (χ4v) is 3.69. The van der Waals surface area contributed by atoms with Gasteiger partial charge in [-0.15, -0.1) is 0 Å². The average Bonchev–Trinajstić information content (AvgIpc) is 3.35. The number of rotatable bonds is 4. The molecule has 5 unspecified atom stereocenters. The predicted octanol–water partition coefficient (Wildman–Crippen LogP) is 2.27. The maximum absolute atomic E-state index is 11.6. The summed E-state index contributed by atoms with van der Waals surface area (Å²) in [4.78, 5) is 11.6. The highest BCUT2D eigenvalue weighted by Crippen LogP contribution is 2.40. The molecule has 0 N–H and O–H groups in total. The van der Waals surface area contributed by atoms with Crippen LogP contribution in [-0.4, -0.2) is 43.8 Å². The summed E-state index contributed by atoms with van der Waals surface area (Å²) >= 11 is 0. The quantitative estimate of drug-likeness (QED) is 0.585. The molecular formula is C15H22O5. The predicted molar refractivity (Wildman–Crippen MR) is 69.3 cm³/mol. The summed E-state index contributed by atoms with van der Waals surface area (Å²) in [7, 11) is 0. The molecule has 112 valence electrons. The van der Waals surface area contributed by atoms with Gasteiger partial charge in [0.1, 0.15) is 0 Å². The van der Waals surface area contributed by atoms with Crippen molar-refractivity contribution >= 4 is 6.16 Å². The molecule has 5 heteroatoms. The van der Waals surface area contributed by atoms with Gasteiger partial charge in [0.25, 0.3) is 0 Å². The van der Waals surface area contributed by atoms with E-state index in [0.29, 0.717) is 49.5 Å². The summed E-state index contributed by atoms with van der Waals surface area (Å²) in [6.07, 6.45) is 7.82. The minimum atomic E-state index is -0.511. The summed E-state index contributed by atoms with van der Waals surface area (Å²) in [5.74, 6) is 0.892. The molecule has 2 heterocycles. The fraction of sp³-hybridized carbons (Fsp3) is 0.933. The van der Waals surface area contributed by atoms with Crippen molar-refractivity contribution in [1.29, 1.82) is 0 Å². The van der Waals surface area contributed by atoms with E-state index in [1.807, 2.05) is 0 Å². The second-order valence-corrected chi connectivity index (χ2v) is 6.66. The second kappa shape index (κ2) is 5.19. The van der Waals surface area contributed by atoms with Gasteiger partial charge in [-0.3, -0.25) is 0 Å². The average molecular weight is 282 g/mol. The summed E-state index contributed by atoms with van der Waals surface area (Å²) in [6.45, 7) is 0.952. The van der Waals surface area contributed by atoms with E-state index >= 15 is 0 Å². The second-order valence-electron chi connectivity index (χ2n) is 6.66. The van der Waals surface area contributed by atoms with E-state index in [9.17, 15) is 4.79 Å². The van der Waals surface area contributed by atoms with E-state index < -0.39 is 6.16 Å². The lowest BCUT2D eigenvalue weighted by Crippen LogP contribution is -2.23. The van der Waals surface area contributed by atoms with Crippen LogP contribution in [0.4, 0.5) is 4.79 Å². The van der Waals surface area contributed by atoms with Crippen LogP contribution in [0.5, 0.6) is 0 Å². The fourth-order valence-electron chi connectivity index (χ4n) is 3.69. The lowest BCUT2D eigenvalue weighted by Gasteiger charge is -2.20. The molecular weight excluding hydrogens is 260 g/mol. The van der Waals surface area contributed by atoms with Crippen molar-refractivity contribution in [2.24, 2.45) is 11.8 Å². The molecule has 2 saturated carbocycles. The summed E-state index contributed by atoms with van der Waals surface area (Å²) in [5, 5.41) is 0. The zero-order valence-electron chi connectivity index (χ0n) is 11.7. The molecule has 0 bridgehead atoms. The molecule has 4 rings (SSSR count). The number of epoxide rings is 2. The van der Waals surface area contributed by atoms with Crippen molar-refractivity contribution in [1.82, 2.24) is 0 Å². The largest absolute Gasteiger partial charge is 0.508 e.